The minimum Gasteiger partial charge on any atom is -0.481 e. The number of carbonyl (C=O) groups excluding carboxylic acids is 4. The molecule has 4 amide bonds. The second-order valence-electron chi connectivity index (χ2n) is 12.8. The van der Waals surface area contributed by atoms with E-state index in [1.54, 1.807) is 0 Å². The van der Waals surface area contributed by atoms with Crippen LogP contribution >= 0.6 is 0 Å². The van der Waals surface area contributed by atoms with Gasteiger partial charge in [-0.3, -0.25) is 24.0 Å². The summed E-state index contributed by atoms with van der Waals surface area (Å²) in [6.07, 6.45) is 20.0. The number of hydrogen-bond donors (Lipinski definition) is 6. The standard InChI is InChI=1S/C36H66N4O8/c1-3-5-7-9-11-13-15-17-19-21-32(42)39-29(24-26-34(44)45)35(46)38-28-27-37-31(41)25-23-30(36(47)48)40-33(43)22-20-18-16-14-12-10-8-6-4-2/h29-30H,3-28H2,1-2H3,(H,37,41)(H,38,46)(H,39,42)(H,40,43)(H,44,45)(H,47,48). The monoisotopic (exact) mass is 682 g/mol. The van der Waals surface area contributed by atoms with Crippen LogP contribution in [0.1, 0.15) is 168 Å². The van der Waals surface area contributed by atoms with Gasteiger partial charge in [-0.25, -0.2) is 4.79 Å². The lowest BCUT2D eigenvalue weighted by atomic mass is 10.1. The van der Waals surface area contributed by atoms with Gasteiger partial charge in [0.25, 0.3) is 0 Å². The summed E-state index contributed by atoms with van der Waals surface area (Å²) in [6.45, 7) is 4.48. The number of amides is 4. The first-order valence-electron chi connectivity index (χ1n) is 18.7. The largest absolute Gasteiger partial charge is 0.481 e. The lowest BCUT2D eigenvalue weighted by Crippen LogP contribution is -2.48. The van der Waals surface area contributed by atoms with Crippen molar-refractivity contribution in [3.63, 3.8) is 0 Å². The van der Waals surface area contributed by atoms with Crippen LogP contribution in [0.3, 0.4) is 0 Å². The van der Waals surface area contributed by atoms with Crippen LogP contribution in [0.5, 0.6) is 0 Å². The third-order valence-corrected chi connectivity index (χ3v) is 8.35. The Morgan fingerprint density at radius 3 is 1.29 bits per heavy atom. The number of nitrogens with one attached hydrogen (secondary N) is 4. The second-order valence-corrected chi connectivity index (χ2v) is 12.8. The summed E-state index contributed by atoms with van der Waals surface area (Å²) in [6, 6.07) is -2.17. The van der Waals surface area contributed by atoms with E-state index in [0.29, 0.717) is 12.8 Å². The Morgan fingerprint density at radius 1 is 0.458 bits per heavy atom. The summed E-state index contributed by atoms with van der Waals surface area (Å²) in [5.41, 5.74) is 0. The molecule has 0 aliphatic carbocycles. The molecule has 0 aliphatic rings. The molecule has 0 radical (unpaired) electrons. The van der Waals surface area contributed by atoms with Crippen molar-refractivity contribution in [2.24, 2.45) is 0 Å². The fourth-order valence-electron chi connectivity index (χ4n) is 5.39. The minimum absolute atomic E-state index is 0.0418. The Kier molecular flexibility index (Phi) is 29.0. The van der Waals surface area contributed by atoms with Crippen LogP contribution in [0, 0.1) is 0 Å². The lowest BCUT2D eigenvalue weighted by Gasteiger charge is -2.18. The first kappa shape index (κ1) is 44.8. The van der Waals surface area contributed by atoms with Crippen molar-refractivity contribution in [2.75, 3.05) is 13.1 Å². The van der Waals surface area contributed by atoms with Crippen molar-refractivity contribution in [1.82, 2.24) is 21.3 Å². The molecule has 2 atom stereocenters. The SMILES string of the molecule is CCCCCCCCCCCC(=O)NC(CCC(=O)NCCNC(=O)C(CCC(=O)O)NC(=O)CCCCCCCCCCC)C(=O)O. The van der Waals surface area contributed by atoms with Crippen LogP contribution in [-0.4, -0.2) is 71.0 Å². The van der Waals surface area contributed by atoms with E-state index in [4.69, 9.17) is 5.11 Å². The normalized spacial score (nSPS) is 12.1. The smallest absolute Gasteiger partial charge is 0.326 e. The molecule has 0 spiro atoms. The molecule has 0 saturated heterocycles. The molecule has 48 heavy (non-hydrogen) atoms. The van der Waals surface area contributed by atoms with Crippen LogP contribution in [0.15, 0.2) is 0 Å². The van der Waals surface area contributed by atoms with Gasteiger partial charge >= 0.3 is 11.9 Å². The molecule has 0 rings (SSSR count). The maximum atomic E-state index is 12.7. The van der Waals surface area contributed by atoms with E-state index in [9.17, 15) is 33.9 Å². The average Bonchev–Trinajstić information content (AvgIpc) is 3.05. The number of rotatable bonds is 33. The van der Waals surface area contributed by atoms with Crippen molar-refractivity contribution in [3.05, 3.63) is 0 Å². The number of carboxylic acid groups (broad SMARTS) is 2. The van der Waals surface area contributed by atoms with Crippen LogP contribution in [-0.2, 0) is 28.8 Å². The molecule has 0 aromatic heterocycles. The van der Waals surface area contributed by atoms with Gasteiger partial charge in [0.05, 0.1) is 0 Å². The Labute approximate surface area is 288 Å². The van der Waals surface area contributed by atoms with Crippen molar-refractivity contribution in [3.8, 4) is 0 Å². The van der Waals surface area contributed by atoms with Gasteiger partial charge in [0, 0.05) is 38.8 Å². The molecule has 6 N–H and O–H groups in total. The van der Waals surface area contributed by atoms with E-state index in [1.807, 2.05) is 0 Å². The van der Waals surface area contributed by atoms with Gasteiger partial charge in [0.1, 0.15) is 12.1 Å². The Hall–Kier alpha value is -3.18. The van der Waals surface area contributed by atoms with E-state index in [0.717, 1.165) is 38.5 Å². The number of unbranched alkanes of at least 4 members (excludes halogenated alkanes) is 16. The summed E-state index contributed by atoms with van der Waals surface area (Å²) in [5.74, 6) is -3.89. The van der Waals surface area contributed by atoms with Gasteiger partial charge in [0.15, 0.2) is 0 Å². The van der Waals surface area contributed by atoms with E-state index in [-0.39, 0.29) is 63.4 Å². The fraction of sp³-hybridized carbons (Fsp3) is 0.833. The average molecular weight is 683 g/mol. The molecule has 0 bridgehead atoms. The van der Waals surface area contributed by atoms with E-state index in [2.05, 4.69) is 35.1 Å². The maximum absolute atomic E-state index is 12.7. The van der Waals surface area contributed by atoms with Gasteiger partial charge in [0.2, 0.25) is 23.6 Å². The van der Waals surface area contributed by atoms with Gasteiger partial charge in [-0.05, 0) is 25.7 Å². The zero-order valence-electron chi connectivity index (χ0n) is 29.9. The number of carboxylic acids is 2. The number of aliphatic carboxylic acids is 2. The van der Waals surface area contributed by atoms with Crippen LogP contribution in [0.25, 0.3) is 0 Å². The first-order chi connectivity index (χ1) is 23.1. The molecule has 0 heterocycles. The van der Waals surface area contributed by atoms with E-state index in [1.165, 1.54) is 64.2 Å². The van der Waals surface area contributed by atoms with Crippen LogP contribution < -0.4 is 21.3 Å². The highest BCUT2D eigenvalue weighted by atomic mass is 16.4. The summed E-state index contributed by atoms with van der Waals surface area (Å²) < 4.78 is 0. The summed E-state index contributed by atoms with van der Waals surface area (Å²) in [4.78, 5) is 72.4. The summed E-state index contributed by atoms with van der Waals surface area (Å²) in [5, 5.41) is 28.9. The van der Waals surface area contributed by atoms with Gasteiger partial charge in [-0.15, -0.1) is 0 Å². The molecule has 12 heteroatoms. The van der Waals surface area contributed by atoms with E-state index >= 15 is 0 Å². The Balaban J connectivity index is 4.33. The number of hydrogen-bond acceptors (Lipinski definition) is 6. The first-order valence-corrected chi connectivity index (χ1v) is 18.7. The van der Waals surface area contributed by atoms with Gasteiger partial charge in [-0.2, -0.15) is 0 Å². The van der Waals surface area contributed by atoms with Crippen molar-refractivity contribution in [2.45, 2.75) is 180 Å². The van der Waals surface area contributed by atoms with Crippen molar-refractivity contribution >= 4 is 35.6 Å². The van der Waals surface area contributed by atoms with Crippen LogP contribution in [0.4, 0.5) is 0 Å². The topological polar surface area (TPSA) is 191 Å². The quantitative estimate of drug-likeness (QED) is 0.0471. The zero-order valence-corrected chi connectivity index (χ0v) is 29.9. The van der Waals surface area contributed by atoms with Crippen LogP contribution in [0.2, 0.25) is 0 Å². The molecule has 0 aromatic rings. The highest BCUT2D eigenvalue weighted by molar-refractivity contribution is 5.88. The minimum atomic E-state index is -1.21. The van der Waals surface area contributed by atoms with E-state index < -0.39 is 35.8 Å². The third kappa shape index (κ3) is 27.9. The van der Waals surface area contributed by atoms with Gasteiger partial charge < -0.3 is 31.5 Å². The fourth-order valence-corrected chi connectivity index (χ4v) is 5.39. The highest BCUT2D eigenvalue weighted by Crippen LogP contribution is 2.12. The van der Waals surface area contributed by atoms with Crippen molar-refractivity contribution in [1.29, 1.82) is 0 Å². The molecular formula is C36H66N4O8. The second kappa shape index (κ2) is 31.1. The maximum Gasteiger partial charge on any atom is 0.326 e. The molecular weight excluding hydrogens is 616 g/mol. The number of carbonyl (C=O) groups is 6. The molecule has 0 fully saturated rings. The van der Waals surface area contributed by atoms with Crippen molar-refractivity contribution < 1.29 is 39.0 Å². The molecule has 12 nitrogen and oxygen atoms in total. The third-order valence-electron chi connectivity index (χ3n) is 8.35. The predicted molar refractivity (Wildman–Crippen MR) is 187 cm³/mol. The molecule has 0 aromatic carbocycles. The molecule has 0 saturated carbocycles. The summed E-state index contributed by atoms with van der Waals surface area (Å²) in [7, 11) is 0. The Bertz CT molecular complexity index is 914. The summed E-state index contributed by atoms with van der Waals surface area (Å²) >= 11 is 0. The highest BCUT2D eigenvalue weighted by Gasteiger charge is 2.22. The zero-order chi connectivity index (χ0) is 35.8. The molecule has 0 aliphatic heterocycles. The Morgan fingerprint density at radius 2 is 0.854 bits per heavy atom. The molecule has 2 unspecified atom stereocenters. The van der Waals surface area contributed by atoms with Gasteiger partial charge in [-0.1, -0.05) is 117 Å². The predicted octanol–water partition coefficient (Wildman–Crippen LogP) is 5.76. The lowest BCUT2D eigenvalue weighted by molar-refractivity contribution is -0.142. The molecule has 278 valence electrons.